The number of carbonyl (C=O) groups is 4. The fraction of sp³-hybridized carbons (Fsp3) is 0.542. The number of nitrogens with zero attached hydrogens (tertiary/aromatic N) is 8. The number of amides is 4. The van der Waals surface area contributed by atoms with Crippen molar-refractivity contribution in [3.8, 4) is 16.9 Å². The highest BCUT2D eigenvalue weighted by molar-refractivity contribution is 6.05. The number of alkyl halides is 2. The molecule has 2 aromatic heterocycles. The number of anilines is 2. The summed E-state index contributed by atoms with van der Waals surface area (Å²) in [5, 5.41) is 12.0. The number of carbonyl (C=O) groups excluding carboxylic acids is 4. The summed E-state index contributed by atoms with van der Waals surface area (Å²) in [7, 11) is 1.79. The number of rotatable bonds is 10. The molecule has 5 aliphatic heterocycles. The van der Waals surface area contributed by atoms with E-state index in [9.17, 15) is 28.0 Å². The van der Waals surface area contributed by atoms with Gasteiger partial charge in [0.1, 0.15) is 11.8 Å². The first-order chi connectivity index (χ1) is 31.0. The predicted octanol–water partition coefficient (Wildman–Crippen LogP) is 6.49. The maximum atomic E-state index is 14.7. The summed E-state index contributed by atoms with van der Waals surface area (Å²) in [5.74, 6) is 1.65. The van der Waals surface area contributed by atoms with Gasteiger partial charge in [-0.2, -0.15) is 10.2 Å². The van der Waals surface area contributed by atoms with E-state index in [1.165, 1.54) is 5.69 Å². The number of piperidine rings is 2. The summed E-state index contributed by atoms with van der Waals surface area (Å²) in [6, 6.07) is 8.68. The van der Waals surface area contributed by atoms with Crippen LogP contribution in [0, 0.1) is 11.8 Å². The predicted molar refractivity (Wildman–Crippen MR) is 234 cm³/mol. The van der Waals surface area contributed by atoms with Crippen LogP contribution >= 0.6 is 0 Å². The first-order valence-electron chi connectivity index (χ1n) is 23.2. The highest BCUT2D eigenvalue weighted by Crippen LogP contribution is 2.44. The molecule has 64 heavy (non-hydrogen) atoms. The molecule has 4 amide bonds. The zero-order chi connectivity index (χ0) is 44.2. The Morgan fingerprint density at radius 1 is 0.906 bits per heavy atom. The Bertz CT molecular complexity index is 2470. The van der Waals surface area contributed by atoms with E-state index in [4.69, 9.17) is 9.84 Å². The zero-order valence-corrected chi connectivity index (χ0v) is 36.7. The Labute approximate surface area is 371 Å². The van der Waals surface area contributed by atoms with Crippen molar-refractivity contribution >= 4 is 35.1 Å². The van der Waals surface area contributed by atoms with Gasteiger partial charge in [0.2, 0.25) is 17.7 Å². The van der Waals surface area contributed by atoms with Gasteiger partial charge in [-0.25, -0.2) is 8.78 Å². The maximum absolute atomic E-state index is 14.7. The van der Waals surface area contributed by atoms with Gasteiger partial charge < -0.3 is 24.3 Å². The highest BCUT2D eigenvalue weighted by Gasteiger charge is 2.41. The third-order valence-corrected chi connectivity index (χ3v) is 14.8. The Hall–Kier alpha value is -5.64. The fourth-order valence-corrected chi connectivity index (χ4v) is 11.3. The van der Waals surface area contributed by atoms with Crippen LogP contribution in [0.15, 0.2) is 42.7 Å². The number of imide groups is 1. The molecule has 16 heteroatoms. The van der Waals surface area contributed by atoms with Crippen molar-refractivity contribution in [1.82, 2.24) is 39.6 Å². The minimum atomic E-state index is -2.66. The number of benzene rings is 2. The molecule has 1 aliphatic carbocycles. The van der Waals surface area contributed by atoms with Crippen molar-refractivity contribution in [2.45, 2.75) is 109 Å². The average Bonchev–Trinajstić information content (AvgIpc) is 4.00. The number of hydrogen-bond acceptors (Lipinski definition) is 9. The van der Waals surface area contributed by atoms with Gasteiger partial charge in [-0.1, -0.05) is 6.07 Å². The largest absolute Gasteiger partial charge is 0.493 e. The van der Waals surface area contributed by atoms with Gasteiger partial charge in [0.25, 0.3) is 12.3 Å². The van der Waals surface area contributed by atoms with E-state index in [0.717, 1.165) is 99.2 Å². The van der Waals surface area contributed by atoms with Gasteiger partial charge >= 0.3 is 0 Å². The molecule has 6 aliphatic rings. The van der Waals surface area contributed by atoms with Gasteiger partial charge in [0.05, 0.1) is 31.9 Å². The first kappa shape index (κ1) is 42.3. The van der Waals surface area contributed by atoms with Crippen LogP contribution in [-0.4, -0.2) is 103 Å². The summed E-state index contributed by atoms with van der Waals surface area (Å²) in [4.78, 5) is 58.4. The molecule has 3 fully saturated rings. The van der Waals surface area contributed by atoms with Gasteiger partial charge in [-0.3, -0.25) is 33.9 Å². The summed E-state index contributed by atoms with van der Waals surface area (Å²) in [6.45, 7) is 7.29. The molecule has 4 aromatic rings. The lowest BCUT2D eigenvalue weighted by Gasteiger charge is -2.37. The molecule has 2 saturated heterocycles. The van der Waals surface area contributed by atoms with Crippen LogP contribution in [0.1, 0.15) is 115 Å². The quantitative estimate of drug-likeness (QED) is 0.177. The Morgan fingerprint density at radius 2 is 1.70 bits per heavy atom. The first-order valence-corrected chi connectivity index (χ1v) is 23.2. The third-order valence-electron chi connectivity index (χ3n) is 14.8. The van der Waals surface area contributed by atoms with E-state index in [-0.39, 0.29) is 35.7 Å². The minimum absolute atomic E-state index is 0.0121. The molecular weight excluding hydrogens is 821 g/mol. The number of aryl methyl sites for hydroxylation is 2. The van der Waals surface area contributed by atoms with Crippen molar-refractivity contribution in [3.63, 3.8) is 0 Å². The van der Waals surface area contributed by atoms with Crippen molar-refractivity contribution < 1.29 is 32.7 Å². The van der Waals surface area contributed by atoms with Gasteiger partial charge in [0, 0.05) is 105 Å². The lowest BCUT2D eigenvalue weighted by Crippen LogP contribution is -2.52. The summed E-state index contributed by atoms with van der Waals surface area (Å²) in [5.41, 5.74) is 6.55. The second-order valence-corrected chi connectivity index (χ2v) is 18.8. The summed E-state index contributed by atoms with van der Waals surface area (Å²) in [6.07, 6.45) is 10.1. The molecule has 1 atom stereocenters. The standard InChI is InChI=1S/C48H57F2N9O5/c1-29(60)56-20-16-40-39(26-56)46(57-17-4-5-32-21-36(33-23-51-54(2)25-33)37(45(49)50)22-42(32)57)53-59(40)34-14-18-55(19-15-34)24-30-8-10-31(11-9-30)28-64-43-7-3-6-35-38(43)27-58(48(35)63)41-12-13-44(61)52-47(41)62/h3,6-7,21-23,25,30-31,34,41,45H,4-5,8-20,24,26-28H2,1-2H3,(H,52,61,62). The lowest BCUT2D eigenvalue weighted by molar-refractivity contribution is -0.137. The molecule has 0 radical (unpaired) electrons. The molecule has 338 valence electrons. The summed E-state index contributed by atoms with van der Waals surface area (Å²) < 4.78 is 39.8. The van der Waals surface area contributed by atoms with E-state index in [0.29, 0.717) is 79.9 Å². The molecule has 2 aromatic carbocycles. The molecular formula is C48H57F2N9O5. The molecule has 7 heterocycles. The fourth-order valence-electron chi connectivity index (χ4n) is 11.3. The third kappa shape index (κ3) is 8.06. The van der Waals surface area contributed by atoms with Crippen LogP contribution in [0.4, 0.5) is 20.3 Å². The topological polar surface area (TPSA) is 138 Å². The molecule has 10 rings (SSSR count). The van der Waals surface area contributed by atoms with Gasteiger partial charge in [-0.15, -0.1) is 0 Å². The van der Waals surface area contributed by atoms with Crippen LogP contribution in [0.5, 0.6) is 5.75 Å². The number of halogens is 2. The van der Waals surface area contributed by atoms with E-state index < -0.39 is 18.4 Å². The monoisotopic (exact) mass is 877 g/mol. The molecule has 1 saturated carbocycles. The molecule has 0 bridgehead atoms. The number of hydrogen-bond donors (Lipinski definition) is 1. The lowest BCUT2D eigenvalue weighted by atomic mass is 9.82. The molecule has 1 unspecified atom stereocenters. The smallest absolute Gasteiger partial charge is 0.264 e. The Balaban J connectivity index is 0.770. The van der Waals surface area contributed by atoms with Crippen LogP contribution < -0.4 is 15.0 Å². The maximum Gasteiger partial charge on any atom is 0.264 e. The van der Waals surface area contributed by atoms with E-state index in [1.807, 2.05) is 23.1 Å². The number of nitrogens with one attached hydrogen (secondary N) is 1. The number of ether oxygens (including phenoxy) is 1. The van der Waals surface area contributed by atoms with Crippen molar-refractivity contribution in [2.24, 2.45) is 18.9 Å². The normalized spacial score (nSPS) is 23.0. The minimum Gasteiger partial charge on any atom is -0.493 e. The zero-order valence-electron chi connectivity index (χ0n) is 36.7. The highest BCUT2D eigenvalue weighted by atomic mass is 19.3. The average molecular weight is 878 g/mol. The van der Waals surface area contributed by atoms with Crippen molar-refractivity contribution in [3.05, 3.63) is 76.2 Å². The van der Waals surface area contributed by atoms with Crippen LogP contribution in [0.25, 0.3) is 11.1 Å². The van der Waals surface area contributed by atoms with Gasteiger partial charge in [0.15, 0.2) is 5.82 Å². The number of aromatic nitrogens is 4. The molecule has 1 N–H and O–H groups in total. The van der Waals surface area contributed by atoms with Crippen LogP contribution in [0.2, 0.25) is 0 Å². The summed E-state index contributed by atoms with van der Waals surface area (Å²) >= 11 is 0. The Kier molecular flexibility index (Phi) is 11.5. The van der Waals surface area contributed by atoms with Crippen molar-refractivity contribution in [2.75, 3.05) is 44.2 Å². The second kappa shape index (κ2) is 17.4. The van der Waals surface area contributed by atoms with E-state index in [1.54, 1.807) is 48.1 Å². The Morgan fingerprint density at radius 3 is 2.44 bits per heavy atom. The van der Waals surface area contributed by atoms with E-state index in [2.05, 4.69) is 24.9 Å². The number of likely N-dealkylation sites (tertiary alicyclic amines) is 1. The number of fused-ring (bicyclic) bond motifs is 3. The van der Waals surface area contributed by atoms with E-state index >= 15 is 0 Å². The van der Waals surface area contributed by atoms with Crippen molar-refractivity contribution in [1.29, 1.82) is 0 Å². The SMILES string of the molecule is CC(=O)N1CCc2c(c(N3CCCc4cc(-c5cnn(C)c5)c(C(F)F)cc43)nn2C2CCN(CC3CCC(COc4cccc5c4CN(C4CCC(=O)NC4=O)C5=O)CC3)CC2)C1. The molecule has 0 spiro atoms. The van der Waals surface area contributed by atoms with Crippen LogP contribution in [0.3, 0.4) is 0 Å². The molecule has 14 nitrogen and oxygen atoms in total. The van der Waals surface area contributed by atoms with Crippen LogP contribution in [-0.2, 0) is 47.4 Å². The second-order valence-electron chi connectivity index (χ2n) is 18.8. The van der Waals surface area contributed by atoms with Gasteiger partial charge in [-0.05, 0) is 105 Å².